The van der Waals surface area contributed by atoms with E-state index in [1.807, 2.05) is 25.1 Å². The van der Waals surface area contributed by atoms with E-state index in [0.29, 0.717) is 6.61 Å². The van der Waals surface area contributed by atoms with Crippen LogP contribution in [0, 0.1) is 6.92 Å². The van der Waals surface area contributed by atoms with Gasteiger partial charge in [0.25, 0.3) is 0 Å². The lowest BCUT2D eigenvalue weighted by atomic mass is 10.1. The van der Waals surface area contributed by atoms with E-state index < -0.39 is 0 Å². The third-order valence-electron chi connectivity index (χ3n) is 1.96. The standard InChI is InChI=1S/C10H14ClNO/c1-7-5-8(3-4-9(7)11)10(12)6-13-2/h3-5,10H,6,12H2,1-2H3/t10-/m0/s1. The lowest BCUT2D eigenvalue weighted by Gasteiger charge is -2.11. The van der Waals surface area contributed by atoms with Crippen LogP contribution >= 0.6 is 11.6 Å². The summed E-state index contributed by atoms with van der Waals surface area (Å²) in [7, 11) is 1.64. The zero-order chi connectivity index (χ0) is 9.84. The van der Waals surface area contributed by atoms with Gasteiger partial charge in [-0.3, -0.25) is 0 Å². The molecule has 2 N–H and O–H groups in total. The van der Waals surface area contributed by atoms with Gasteiger partial charge in [0.05, 0.1) is 12.6 Å². The van der Waals surface area contributed by atoms with Gasteiger partial charge in [-0.05, 0) is 24.1 Å². The molecule has 0 unspecified atom stereocenters. The van der Waals surface area contributed by atoms with Crippen LogP contribution < -0.4 is 5.73 Å². The Labute approximate surface area is 83.6 Å². The van der Waals surface area contributed by atoms with E-state index in [1.165, 1.54) is 0 Å². The van der Waals surface area contributed by atoms with Crippen molar-refractivity contribution >= 4 is 11.6 Å². The molecule has 0 bridgehead atoms. The summed E-state index contributed by atoms with van der Waals surface area (Å²) in [6.07, 6.45) is 0. The predicted octanol–water partition coefficient (Wildman–Crippen LogP) is 2.29. The van der Waals surface area contributed by atoms with E-state index in [-0.39, 0.29) is 6.04 Å². The maximum Gasteiger partial charge on any atom is 0.0655 e. The van der Waals surface area contributed by atoms with Crippen molar-refractivity contribution in [3.05, 3.63) is 34.3 Å². The first kappa shape index (κ1) is 10.5. The fourth-order valence-electron chi connectivity index (χ4n) is 1.17. The van der Waals surface area contributed by atoms with Crippen LogP contribution in [0.4, 0.5) is 0 Å². The number of hydrogen-bond acceptors (Lipinski definition) is 2. The average molecular weight is 200 g/mol. The Morgan fingerprint density at radius 3 is 2.77 bits per heavy atom. The maximum atomic E-state index is 5.89. The second kappa shape index (κ2) is 4.61. The molecule has 0 aliphatic heterocycles. The van der Waals surface area contributed by atoms with Gasteiger partial charge in [-0.25, -0.2) is 0 Å². The molecule has 0 saturated carbocycles. The summed E-state index contributed by atoms with van der Waals surface area (Å²) in [6, 6.07) is 5.72. The van der Waals surface area contributed by atoms with E-state index >= 15 is 0 Å². The van der Waals surface area contributed by atoms with E-state index in [1.54, 1.807) is 7.11 Å². The summed E-state index contributed by atoms with van der Waals surface area (Å²) in [6.45, 7) is 2.49. The Hall–Kier alpha value is -0.570. The number of aryl methyl sites for hydroxylation is 1. The molecule has 72 valence electrons. The highest BCUT2D eigenvalue weighted by molar-refractivity contribution is 6.31. The van der Waals surface area contributed by atoms with Crippen LogP contribution in [0.5, 0.6) is 0 Å². The van der Waals surface area contributed by atoms with Gasteiger partial charge in [0.2, 0.25) is 0 Å². The molecule has 0 aliphatic rings. The zero-order valence-electron chi connectivity index (χ0n) is 7.88. The van der Waals surface area contributed by atoms with Crippen molar-refractivity contribution in [1.29, 1.82) is 0 Å². The number of halogens is 1. The van der Waals surface area contributed by atoms with Gasteiger partial charge in [-0.2, -0.15) is 0 Å². The third-order valence-corrected chi connectivity index (χ3v) is 2.38. The Bertz CT molecular complexity index is 288. The quantitative estimate of drug-likeness (QED) is 0.811. The highest BCUT2D eigenvalue weighted by Gasteiger charge is 2.06. The number of hydrogen-bond donors (Lipinski definition) is 1. The van der Waals surface area contributed by atoms with Gasteiger partial charge in [0.15, 0.2) is 0 Å². The zero-order valence-corrected chi connectivity index (χ0v) is 8.64. The number of nitrogens with two attached hydrogens (primary N) is 1. The molecule has 1 rings (SSSR count). The van der Waals surface area contributed by atoms with Crippen LogP contribution in [-0.2, 0) is 4.74 Å². The molecule has 0 spiro atoms. The van der Waals surface area contributed by atoms with Crippen molar-refractivity contribution in [1.82, 2.24) is 0 Å². The van der Waals surface area contributed by atoms with Crippen LogP contribution in [0.15, 0.2) is 18.2 Å². The topological polar surface area (TPSA) is 35.2 Å². The van der Waals surface area contributed by atoms with Crippen molar-refractivity contribution in [2.75, 3.05) is 13.7 Å². The molecular weight excluding hydrogens is 186 g/mol. The summed E-state index contributed by atoms with van der Waals surface area (Å²) in [4.78, 5) is 0. The molecule has 0 radical (unpaired) electrons. The summed E-state index contributed by atoms with van der Waals surface area (Å²) in [5, 5.41) is 0.772. The van der Waals surface area contributed by atoms with Crippen molar-refractivity contribution in [3.63, 3.8) is 0 Å². The lowest BCUT2D eigenvalue weighted by Crippen LogP contribution is -2.16. The minimum Gasteiger partial charge on any atom is -0.383 e. The third kappa shape index (κ3) is 2.69. The molecule has 0 fully saturated rings. The SMILES string of the molecule is COC[C@H](N)c1ccc(Cl)c(C)c1. The number of methoxy groups -OCH3 is 1. The molecule has 0 aromatic heterocycles. The Morgan fingerprint density at radius 2 is 2.23 bits per heavy atom. The second-order valence-electron chi connectivity index (χ2n) is 3.07. The highest BCUT2D eigenvalue weighted by atomic mass is 35.5. The monoisotopic (exact) mass is 199 g/mol. The van der Waals surface area contributed by atoms with Crippen LogP contribution in [0.1, 0.15) is 17.2 Å². The summed E-state index contributed by atoms with van der Waals surface area (Å²) in [5.41, 5.74) is 7.96. The fourth-order valence-corrected chi connectivity index (χ4v) is 1.29. The number of rotatable bonds is 3. The minimum absolute atomic E-state index is 0.0685. The normalized spacial score (nSPS) is 12.9. The second-order valence-corrected chi connectivity index (χ2v) is 3.48. The molecule has 1 aromatic rings. The van der Waals surface area contributed by atoms with Crippen molar-refractivity contribution in [3.8, 4) is 0 Å². The van der Waals surface area contributed by atoms with E-state index in [2.05, 4.69) is 0 Å². The first-order chi connectivity index (χ1) is 6.15. The van der Waals surface area contributed by atoms with E-state index in [9.17, 15) is 0 Å². The van der Waals surface area contributed by atoms with Crippen LogP contribution in [0.3, 0.4) is 0 Å². The predicted molar refractivity (Wildman–Crippen MR) is 55.0 cm³/mol. The van der Waals surface area contributed by atoms with E-state index in [4.69, 9.17) is 22.1 Å². The van der Waals surface area contributed by atoms with Crippen molar-refractivity contribution in [2.45, 2.75) is 13.0 Å². The summed E-state index contributed by atoms with van der Waals surface area (Å²) < 4.78 is 4.97. The first-order valence-electron chi connectivity index (χ1n) is 4.15. The molecule has 13 heavy (non-hydrogen) atoms. The number of benzene rings is 1. The van der Waals surface area contributed by atoms with Gasteiger partial charge in [-0.15, -0.1) is 0 Å². The Kier molecular flexibility index (Phi) is 3.72. The van der Waals surface area contributed by atoms with Crippen molar-refractivity contribution in [2.24, 2.45) is 5.73 Å². The molecule has 1 aromatic carbocycles. The molecule has 0 heterocycles. The van der Waals surface area contributed by atoms with Gasteiger partial charge in [-0.1, -0.05) is 23.7 Å². The first-order valence-corrected chi connectivity index (χ1v) is 4.53. The molecule has 1 atom stereocenters. The maximum absolute atomic E-state index is 5.89. The molecule has 2 nitrogen and oxygen atoms in total. The van der Waals surface area contributed by atoms with Crippen molar-refractivity contribution < 1.29 is 4.74 Å². The van der Waals surface area contributed by atoms with Crippen LogP contribution in [-0.4, -0.2) is 13.7 Å². The van der Waals surface area contributed by atoms with Crippen LogP contribution in [0.2, 0.25) is 5.02 Å². The molecule has 3 heteroatoms. The van der Waals surface area contributed by atoms with Gasteiger partial charge < -0.3 is 10.5 Å². The van der Waals surface area contributed by atoms with Crippen LogP contribution in [0.25, 0.3) is 0 Å². The van der Waals surface area contributed by atoms with E-state index in [0.717, 1.165) is 16.1 Å². The van der Waals surface area contributed by atoms with Gasteiger partial charge in [0.1, 0.15) is 0 Å². The minimum atomic E-state index is -0.0685. The molecule has 0 saturated heterocycles. The molecule has 0 aliphatic carbocycles. The molecular formula is C10H14ClNO. The lowest BCUT2D eigenvalue weighted by molar-refractivity contribution is 0.181. The summed E-state index contributed by atoms with van der Waals surface area (Å²) >= 11 is 5.89. The van der Waals surface area contributed by atoms with Gasteiger partial charge in [0, 0.05) is 12.1 Å². The number of ether oxygens (including phenoxy) is 1. The smallest absolute Gasteiger partial charge is 0.0655 e. The summed E-state index contributed by atoms with van der Waals surface area (Å²) in [5.74, 6) is 0. The Balaban J connectivity index is 2.84. The average Bonchev–Trinajstić information content (AvgIpc) is 2.10. The fraction of sp³-hybridized carbons (Fsp3) is 0.400. The molecule has 0 amide bonds. The Morgan fingerprint density at radius 1 is 1.54 bits per heavy atom. The largest absolute Gasteiger partial charge is 0.383 e. The highest BCUT2D eigenvalue weighted by Crippen LogP contribution is 2.19. The van der Waals surface area contributed by atoms with Gasteiger partial charge >= 0.3 is 0 Å².